The van der Waals surface area contributed by atoms with Crippen LogP contribution in [0.25, 0.3) is 11.0 Å². The van der Waals surface area contributed by atoms with Gasteiger partial charge in [0.2, 0.25) is 11.9 Å². The van der Waals surface area contributed by atoms with Crippen LogP contribution in [0.15, 0.2) is 24.3 Å². The van der Waals surface area contributed by atoms with Crippen molar-refractivity contribution in [2.45, 2.75) is 44.7 Å². The lowest BCUT2D eigenvalue weighted by molar-refractivity contribution is -0.122. The lowest BCUT2D eigenvalue weighted by Crippen LogP contribution is -2.38. The number of imidazole rings is 1. The molecule has 1 saturated carbocycles. The van der Waals surface area contributed by atoms with E-state index in [1.165, 1.54) is 19.3 Å². The first kappa shape index (κ1) is 13.0. The van der Waals surface area contributed by atoms with Crippen LogP contribution in [0.5, 0.6) is 0 Å². The van der Waals surface area contributed by atoms with Crippen molar-refractivity contribution in [1.29, 1.82) is 0 Å². The maximum atomic E-state index is 12.2. The molecule has 1 amide bonds. The Hall–Kier alpha value is -2.04. The van der Waals surface area contributed by atoms with Crippen molar-refractivity contribution in [2.24, 2.45) is 0 Å². The predicted molar refractivity (Wildman–Crippen MR) is 79.2 cm³/mol. The summed E-state index contributed by atoms with van der Waals surface area (Å²) in [6, 6.07) is 8.01. The van der Waals surface area contributed by atoms with Gasteiger partial charge in [-0.1, -0.05) is 31.4 Å². The van der Waals surface area contributed by atoms with Crippen LogP contribution in [0, 0.1) is 0 Å². The van der Waals surface area contributed by atoms with E-state index in [4.69, 9.17) is 5.73 Å². The molecule has 2 aromatic rings. The maximum absolute atomic E-state index is 12.2. The molecule has 0 atom stereocenters. The highest BCUT2D eigenvalue weighted by Gasteiger charge is 2.17. The van der Waals surface area contributed by atoms with E-state index in [2.05, 4.69) is 10.3 Å². The highest BCUT2D eigenvalue weighted by molar-refractivity contribution is 5.82. The highest BCUT2D eigenvalue weighted by Crippen LogP contribution is 2.19. The summed E-state index contributed by atoms with van der Waals surface area (Å²) in [4.78, 5) is 16.4. The first-order valence-corrected chi connectivity index (χ1v) is 7.24. The van der Waals surface area contributed by atoms with E-state index in [1.54, 1.807) is 4.57 Å². The van der Waals surface area contributed by atoms with Gasteiger partial charge in [0, 0.05) is 6.04 Å². The molecule has 1 aliphatic rings. The number of para-hydroxylation sites is 2. The number of fused-ring (bicyclic) bond motifs is 1. The van der Waals surface area contributed by atoms with Crippen LogP contribution in [-0.2, 0) is 11.3 Å². The number of hydrogen-bond acceptors (Lipinski definition) is 3. The standard InChI is InChI=1S/C15H20N4O/c16-15-18-12-8-4-5-9-13(12)19(15)10-14(20)17-11-6-2-1-3-7-11/h4-5,8-9,11H,1-3,6-7,10H2,(H2,16,18)(H,17,20). The Labute approximate surface area is 118 Å². The van der Waals surface area contributed by atoms with E-state index in [0.29, 0.717) is 12.0 Å². The predicted octanol–water partition coefficient (Wildman–Crippen LogP) is 2.07. The molecule has 1 aromatic carbocycles. The van der Waals surface area contributed by atoms with Crippen molar-refractivity contribution in [1.82, 2.24) is 14.9 Å². The van der Waals surface area contributed by atoms with Crippen LogP contribution in [0.2, 0.25) is 0 Å². The van der Waals surface area contributed by atoms with E-state index in [-0.39, 0.29) is 12.5 Å². The number of nitrogens with two attached hydrogens (primary N) is 1. The van der Waals surface area contributed by atoms with Crippen molar-refractivity contribution in [3.8, 4) is 0 Å². The van der Waals surface area contributed by atoms with Crippen LogP contribution in [0.3, 0.4) is 0 Å². The topological polar surface area (TPSA) is 72.9 Å². The van der Waals surface area contributed by atoms with E-state index < -0.39 is 0 Å². The number of rotatable bonds is 3. The van der Waals surface area contributed by atoms with E-state index in [9.17, 15) is 4.79 Å². The SMILES string of the molecule is Nc1nc2ccccc2n1CC(=O)NC1CCCCC1. The third-order valence-electron chi connectivity index (χ3n) is 3.96. The summed E-state index contributed by atoms with van der Waals surface area (Å²) < 4.78 is 1.77. The monoisotopic (exact) mass is 272 g/mol. The molecule has 20 heavy (non-hydrogen) atoms. The Kier molecular flexibility index (Phi) is 3.58. The number of nitrogens with zero attached hydrogens (tertiary/aromatic N) is 2. The summed E-state index contributed by atoms with van der Waals surface area (Å²) in [6.45, 7) is 0.239. The van der Waals surface area contributed by atoms with Gasteiger partial charge >= 0.3 is 0 Å². The molecule has 3 N–H and O–H groups in total. The van der Waals surface area contributed by atoms with E-state index in [0.717, 1.165) is 23.9 Å². The minimum Gasteiger partial charge on any atom is -0.369 e. The van der Waals surface area contributed by atoms with Crippen molar-refractivity contribution in [2.75, 3.05) is 5.73 Å². The van der Waals surface area contributed by atoms with Crippen LogP contribution >= 0.6 is 0 Å². The van der Waals surface area contributed by atoms with Crippen molar-refractivity contribution >= 4 is 22.9 Å². The number of benzene rings is 1. The van der Waals surface area contributed by atoms with Gasteiger partial charge in [0.05, 0.1) is 11.0 Å². The number of carbonyl (C=O) groups excluding carboxylic acids is 1. The fraction of sp³-hybridized carbons (Fsp3) is 0.467. The highest BCUT2D eigenvalue weighted by atomic mass is 16.2. The zero-order valence-corrected chi connectivity index (χ0v) is 11.5. The third-order valence-corrected chi connectivity index (χ3v) is 3.96. The first-order chi connectivity index (χ1) is 9.74. The molecule has 1 aromatic heterocycles. The number of anilines is 1. The average molecular weight is 272 g/mol. The second-order valence-electron chi connectivity index (χ2n) is 5.45. The van der Waals surface area contributed by atoms with Crippen LogP contribution in [-0.4, -0.2) is 21.5 Å². The van der Waals surface area contributed by atoms with Gasteiger partial charge in [-0.15, -0.1) is 0 Å². The molecule has 1 aliphatic carbocycles. The van der Waals surface area contributed by atoms with Crippen LogP contribution in [0.4, 0.5) is 5.95 Å². The van der Waals surface area contributed by atoms with Crippen molar-refractivity contribution in [3.05, 3.63) is 24.3 Å². The Bertz CT molecular complexity index is 613. The summed E-state index contributed by atoms with van der Waals surface area (Å²) in [5, 5.41) is 3.11. The Morgan fingerprint density at radius 2 is 2.05 bits per heavy atom. The van der Waals surface area contributed by atoms with Gasteiger partial charge in [-0.05, 0) is 25.0 Å². The summed E-state index contributed by atoms with van der Waals surface area (Å²) >= 11 is 0. The molecular formula is C15H20N4O. The average Bonchev–Trinajstić information content (AvgIpc) is 2.76. The van der Waals surface area contributed by atoms with Gasteiger partial charge in [-0.3, -0.25) is 4.79 Å². The maximum Gasteiger partial charge on any atom is 0.240 e. The van der Waals surface area contributed by atoms with Crippen molar-refractivity contribution < 1.29 is 4.79 Å². The number of nitrogens with one attached hydrogen (secondary N) is 1. The fourth-order valence-corrected chi connectivity index (χ4v) is 2.92. The molecular weight excluding hydrogens is 252 g/mol. The minimum absolute atomic E-state index is 0.0201. The molecule has 1 fully saturated rings. The number of nitrogen functional groups attached to an aromatic ring is 1. The largest absolute Gasteiger partial charge is 0.369 e. The summed E-state index contributed by atoms with van der Waals surface area (Å²) in [6.07, 6.45) is 5.88. The molecule has 106 valence electrons. The molecule has 5 nitrogen and oxygen atoms in total. The number of amides is 1. The van der Waals surface area contributed by atoms with Crippen molar-refractivity contribution in [3.63, 3.8) is 0 Å². The number of carbonyl (C=O) groups is 1. The molecule has 0 radical (unpaired) electrons. The zero-order valence-electron chi connectivity index (χ0n) is 11.5. The smallest absolute Gasteiger partial charge is 0.240 e. The normalized spacial score (nSPS) is 16.4. The summed E-state index contributed by atoms with van der Waals surface area (Å²) in [5.41, 5.74) is 7.64. The Morgan fingerprint density at radius 1 is 1.30 bits per heavy atom. The molecule has 0 spiro atoms. The minimum atomic E-state index is 0.0201. The summed E-state index contributed by atoms with van der Waals surface area (Å²) in [7, 11) is 0. The third kappa shape index (κ3) is 2.61. The molecule has 0 bridgehead atoms. The first-order valence-electron chi connectivity index (χ1n) is 7.24. The van der Waals surface area contributed by atoms with Crippen LogP contribution in [0.1, 0.15) is 32.1 Å². The molecule has 3 rings (SSSR count). The van der Waals surface area contributed by atoms with Crippen LogP contribution < -0.4 is 11.1 Å². The van der Waals surface area contributed by atoms with Gasteiger partial charge < -0.3 is 15.6 Å². The Balaban J connectivity index is 1.72. The second-order valence-corrected chi connectivity index (χ2v) is 5.45. The molecule has 0 aliphatic heterocycles. The number of hydrogen-bond donors (Lipinski definition) is 2. The van der Waals surface area contributed by atoms with Gasteiger partial charge in [0.25, 0.3) is 0 Å². The lowest BCUT2D eigenvalue weighted by atomic mass is 9.95. The van der Waals surface area contributed by atoms with E-state index >= 15 is 0 Å². The van der Waals surface area contributed by atoms with Gasteiger partial charge in [-0.25, -0.2) is 4.98 Å². The van der Waals surface area contributed by atoms with Gasteiger partial charge in [0.1, 0.15) is 6.54 Å². The fourth-order valence-electron chi connectivity index (χ4n) is 2.92. The molecule has 5 heteroatoms. The quantitative estimate of drug-likeness (QED) is 0.898. The molecule has 0 unspecified atom stereocenters. The lowest BCUT2D eigenvalue weighted by Gasteiger charge is -2.23. The van der Waals surface area contributed by atoms with Gasteiger partial charge in [0.15, 0.2) is 0 Å². The van der Waals surface area contributed by atoms with Gasteiger partial charge in [-0.2, -0.15) is 0 Å². The van der Waals surface area contributed by atoms with E-state index in [1.807, 2.05) is 24.3 Å². The molecule has 0 saturated heterocycles. The number of aromatic nitrogens is 2. The molecule has 1 heterocycles. The second kappa shape index (κ2) is 5.53. The zero-order chi connectivity index (χ0) is 13.9. The Morgan fingerprint density at radius 3 is 2.85 bits per heavy atom. The summed E-state index contributed by atoms with van der Waals surface area (Å²) in [5.74, 6) is 0.414.